The van der Waals surface area contributed by atoms with Gasteiger partial charge in [0, 0.05) is 38.4 Å². The van der Waals surface area contributed by atoms with E-state index >= 15 is 0 Å². The SMILES string of the molecule is COC1/C=C/CC/C=C/C(=O)O[C@H](C(C)C(=O)CCCC2CC(=O)NC(=O)C2)/C(C)=C\C(C)[C@@H]1O. The lowest BCUT2D eigenvalue weighted by atomic mass is 9.86. The van der Waals surface area contributed by atoms with Crippen molar-refractivity contribution in [2.45, 2.75) is 84.0 Å². The summed E-state index contributed by atoms with van der Waals surface area (Å²) in [5.41, 5.74) is 0.685. The molecule has 194 valence electrons. The first-order valence-electron chi connectivity index (χ1n) is 12.4. The van der Waals surface area contributed by atoms with Crippen molar-refractivity contribution < 1.29 is 33.8 Å². The largest absolute Gasteiger partial charge is 0.454 e. The molecule has 3 unspecified atom stereocenters. The van der Waals surface area contributed by atoms with Crippen molar-refractivity contribution >= 4 is 23.6 Å². The molecule has 1 saturated heterocycles. The number of amides is 2. The van der Waals surface area contributed by atoms with E-state index in [-0.39, 0.29) is 35.9 Å². The third-order valence-corrected chi connectivity index (χ3v) is 6.67. The number of methoxy groups -OCH3 is 1. The van der Waals surface area contributed by atoms with Gasteiger partial charge in [0.1, 0.15) is 18.0 Å². The Morgan fingerprint density at radius 1 is 1.20 bits per heavy atom. The maximum Gasteiger partial charge on any atom is 0.331 e. The number of hydrogen-bond acceptors (Lipinski definition) is 7. The summed E-state index contributed by atoms with van der Waals surface area (Å²) >= 11 is 0. The van der Waals surface area contributed by atoms with E-state index in [0.717, 1.165) is 0 Å². The normalized spacial score (nSPS) is 31.3. The van der Waals surface area contributed by atoms with E-state index in [1.165, 1.54) is 6.08 Å². The molecule has 2 aliphatic heterocycles. The number of nitrogens with one attached hydrogen (secondary N) is 1. The van der Waals surface area contributed by atoms with Crippen molar-refractivity contribution in [3.63, 3.8) is 0 Å². The zero-order chi connectivity index (χ0) is 26.0. The van der Waals surface area contributed by atoms with Crippen LogP contribution in [0.2, 0.25) is 0 Å². The molecule has 1 fully saturated rings. The second-order valence-corrected chi connectivity index (χ2v) is 9.62. The van der Waals surface area contributed by atoms with Crippen molar-refractivity contribution in [1.29, 1.82) is 0 Å². The van der Waals surface area contributed by atoms with Crippen LogP contribution in [0.5, 0.6) is 0 Å². The topological polar surface area (TPSA) is 119 Å². The molecule has 0 spiro atoms. The minimum absolute atomic E-state index is 0.0524. The standard InChI is InChI=1S/C27H39NO7/c1-17-14-18(2)27(35-25(32)13-8-6-5-7-12-22(34-4)26(17)33)19(3)21(29)11-9-10-20-15-23(30)28-24(31)16-20/h7-8,12-14,17,19-20,22,26-27,33H,5-6,9-11,15-16H2,1-4H3,(H,28,30,31)/b12-7+,13-8+,18-14-/t17?,19?,22?,26-,27-/m0/s1. The van der Waals surface area contributed by atoms with Crippen LogP contribution in [-0.2, 0) is 28.7 Å². The van der Waals surface area contributed by atoms with Crippen molar-refractivity contribution in [2.75, 3.05) is 7.11 Å². The van der Waals surface area contributed by atoms with Crippen molar-refractivity contribution in [2.24, 2.45) is 17.8 Å². The van der Waals surface area contributed by atoms with Crippen LogP contribution in [0.15, 0.2) is 36.0 Å². The Balaban J connectivity index is 2.11. The van der Waals surface area contributed by atoms with E-state index in [9.17, 15) is 24.3 Å². The van der Waals surface area contributed by atoms with Crippen molar-refractivity contribution in [1.82, 2.24) is 5.32 Å². The summed E-state index contributed by atoms with van der Waals surface area (Å²) in [6.45, 7) is 5.39. The van der Waals surface area contributed by atoms with E-state index < -0.39 is 30.2 Å². The van der Waals surface area contributed by atoms with E-state index in [1.807, 2.05) is 25.2 Å². The Bertz CT molecular complexity index is 844. The van der Waals surface area contributed by atoms with Crippen LogP contribution < -0.4 is 5.32 Å². The molecule has 8 nitrogen and oxygen atoms in total. The Kier molecular flexibility index (Phi) is 11.5. The van der Waals surface area contributed by atoms with Crippen LogP contribution >= 0.6 is 0 Å². The fourth-order valence-corrected chi connectivity index (χ4v) is 4.61. The van der Waals surface area contributed by atoms with E-state index in [2.05, 4.69) is 5.32 Å². The maximum atomic E-state index is 13.0. The van der Waals surface area contributed by atoms with Gasteiger partial charge in [-0.25, -0.2) is 4.79 Å². The van der Waals surface area contributed by atoms with Crippen LogP contribution in [0.4, 0.5) is 0 Å². The zero-order valence-electron chi connectivity index (χ0n) is 21.2. The molecule has 0 aliphatic carbocycles. The molecule has 2 rings (SSSR count). The van der Waals surface area contributed by atoms with E-state index in [1.54, 1.807) is 27.0 Å². The van der Waals surface area contributed by atoms with E-state index in [4.69, 9.17) is 9.47 Å². The van der Waals surface area contributed by atoms with Crippen LogP contribution in [0.25, 0.3) is 0 Å². The fraction of sp³-hybridized carbons (Fsp3) is 0.630. The van der Waals surface area contributed by atoms with Gasteiger partial charge in [-0.1, -0.05) is 38.2 Å². The number of imide groups is 1. The maximum absolute atomic E-state index is 13.0. The molecular formula is C27H39NO7. The molecule has 0 saturated carbocycles. The quantitative estimate of drug-likeness (QED) is 0.320. The Morgan fingerprint density at radius 3 is 2.51 bits per heavy atom. The highest BCUT2D eigenvalue weighted by molar-refractivity contribution is 5.97. The lowest BCUT2D eigenvalue weighted by Gasteiger charge is -2.27. The summed E-state index contributed by atoms with van der Waals surface area (Å²) < 4.78 is 11.1. The molecule has 8 heteroatoms. The third-order valence-electron chi connectivity index (χ3n) is 6.67. The number of rotatable bonds is 7. The van der Waals surface area contributed by atoms with Gasteiger partial charge >= 0.3 is 5.97 Å². The fourth-order valence-electron chi connectivity index (χ4n) is 4.61. The van der Waals surface area contributed by atoms with Crippen LogP contribution in [0.3, 0.4) is 0 Å². The number of ether oxygens (including phenoxy) is 2. The van der Waals surface area contributed by atoms with Gasteiger partial charge in [0.2, 0.25) is 11.8 Å². The number of aliphatic hydroxyl groups excluding tert-OH is 1. The number of esters is 1. The van der Waals surface area contributed by atoms with Gasteiger partial charge in [0.15, 0.2) is 0 Å². The second-order valence-electron chi connectivity index (χ2n) is 9.62. The third kappa shape index (κ3) is 9.18. The van der Waals surface area contributed by atoms with Crippen molar-refractivity contribution in [3.05, 3.63) is 36.0 Å². The van der Waals surface area contributed by atoms with E-state index in [0.29, 0.717) is 44.1 Å². The molecule has 0 bridgehead atoms. The molecule has 5 atom stereocenters. The summed E-state index contributed by atoms with van der Waals surface area (Å²) in [4.78, 5) is 48.6. The van der Waals surface area contributed by atoms with Gasteiger partial charge in [-0.2, -0.15) is 0 Å². The van der Waals surface area contributed by atoms with Gasteiger partial charge < -0.3 is 14.6 Å². The smallest absolute Gasteiger partial charge is 0.331 e. The number of ketones is 1. The van der Waals surface area contributed by atoms with Gasteiger partial charge in [0.25, 0.3) is 0 Å². The minimum atomic E-state index is -0.803. The molecule has 0 radical (unpaired) electrons. The number of carbonyl (C=O) groups excluding carboxylic acids is 4. The Morgan fingerprint density at radius 2 is 1.86 bits per heavy atom. The average molecular weight is 490 g/mol. The summed E-state index contributed by atoms with van der Waals surface area (Å²) in [5, 5.41) is 13.1. The summed E-state index contributed by atoms with van der Waals surface area (Å²) in [7, 11) is 1.55. The highest BCUT2D eigenvalue weighted by Gasteiger charge is 2.31. The summed E-state index contributed by atoms with van der Waals surface area (Å²) in [6, 6.07) is 0. The molecule has 2 aliphatic rings. The number of aliphatic hydroxyl groups is 1. The first-order valence-corrected chi connectivity index (χ1v) is 12.4. The number of allylic oxidation sites excluding steroid dienone is 2. The molecule has 2 heterocycles. The average Bonchev–Trinajstić information content (AvgIpc) is 2.79. The molecule has 2 N–H and O–H groups in total. The number of Topliss-reactive ketones (excluding diaryl/α,β-unsaturated/α-hetero) is 1. The lowest BCUT2D eigenvalue weighted by Crippen LogP contribution is -2.38. The molecule has 0 aromatic carbocycles. The molecule has 0 aromatic heterocycles. The van der Waals surface area contributed by atoms with Gasteiger partial charge in [-0.15, -0.1) is 0 Å². The number of piperidine rings is 1. The molecule has 2 amide bonds. The van der Waals surface area contributed by atoms with Gasteiger partial charge in [0.05, 0.1) is 12.0 Å². The van der Waals surface area contributed by atoms with Gasteiger partial charge in [-0.05, 0) is 44.1 Å². The molecular weight excluding hydrogens is 450 g/mol. The zero-order valence-corrected chi connectivity index (χ0v) is 21.2. The first kappa shape index (κ1) is 28.7. The summed E-state index contributed by atoms with van der Waals surface area (Å²) in [5.74, 6) is -2.06. The van der Waals surface area contributed by atoms with Crippen LogP contribution in [-0.4, -0.2) is 54.1 Å². The first-order chi connectivity index (χ1) is 16.6. The lowest BCUT2D eigenvalue weighted by molar-refractivity contribution is -0.145. The predicted octanol–water partition coefficient (Wildman–Crippen LogP) is 3.19. The van der Waals surface area contributed by atoms with Crippen molar-refractivity contribution in [3.8, 4) is 0 Å². The highest BCUT2D eigenvalue weighted by atomic mass is 16.5. The summed E-state index contributed by atoms with van der Waals surface area (Å²) in [6.07, 6.45) is 9.96. The van der Waals surface area contributed by atoms with Crippen LogP contribution in [0, 0.1) is 17.8 Å². The highest BCUT2D eigenvalue weighted by Crippen LogP contribution is 2.25. The number of carbonyl (C=O) groups is 4. The Labute approximate surface area is 207 Å². The Hall–Kier alpha value is -2.58. The monoisotopic (exact) mass is 489 g/mol. The predicted molar refractivity (Wildman–Crippen MR) is 131 cm³/mol. The van der Waals surface area contributed by atoms with Crippen LogP contribution in [0.1, 0.15) is 65.7 Å². The minimum Gasteiger partial charge on any atom is -0.454 e. The number of hydrogen-bond donors (Lipinski definition) is 2. The number of cyclic esters (lactones) is 1. The molecule has 35 heavy (non-hydrogen) atoms. The second kappa shape index (κ2) is 14.1. The van der Waals surface area contributed by atoms with Gasteiger partial charge in [-0.3, -0.25) is 19.7 Å². The molecule has 0 aromatic rings.